The Morgan fingerprint density at radius 3 is 2.56 bits per heavy atom. The highest BCUT2D eigenvalue weighted by Gasteiger charge is 2.16. The van der Waals surface area contributed by atoms with E-state index in [1.165, 1.54) is 18.3 Å². The minimum atomic E-state index is -0.605. The number of halogens is 1. The van der Waals surface area contributed by atoms with Gasteiger partial charge >= 0.3 is 0 Å². The molecule has 2 rings (SSSR count). The Hall–Kier alpha value is -2.43. The van der Waals surface area contributed by atoms with Crippen molar-refractivity contribution < 1.29 is 9.18 Å². The molecule has 2 N–H and O–H groups in total. The molecule has 1 aromatic carbocycles. The number of aryl methyl sites for hydroxylation is 1. The highest BCUT2D eigenvalue weighted by atomic mass is 19.1. The summed E-state index contributed by atoms with van der Waals surface area (Å²) in [5.74, 6) is -0.928. The summed E-state index contributed by atoms with van der Waals surface area (Å²) in [5.41, 5.74) is 7.37. The number of benzene rings is 1. The summed E-state index contributed by atoms with van der Waals surface area (Å²) in [5, 5.41) is 4.07. The van der Waals surface area contributed by atoms with Gasteiger partial charge in [0, 0.05) is 23.7 Å². The summed E-state index contributed by atoms with van der Waals surface area (Å²) in [4.78, 5) is 11.2. The molecule has 0 bridgehead atoms. The normalized spacial score (nSPS) is 10.3. The number of carbonyl (C=O) groups is 1. The van der Waals surface area contributed by atoms with Gasteiger partial charge in [0.1, 0.15) is 5.82 Å². The molecule has 92 valence electrons. The quantitative estimate of drug-likeness (QED) is 0.837. The van der Waals surface area contributed by atoms with Gasteiger partial charge in [0.25, 0.3) is 0 Å². The van der Waals surface area contributed by atoms with Crippen LogP contribution < -0.4 is 5.73 Å². The molecule has 18 heavy (non-hydrogen) atoms. The molecule has 1 aromatic heterocycles. The first kappa shape index (κ1) is 12.0. The summed E-state index contributed by atoms with van der Waals surface area (Å²) in [6.07, 6.45) is 1.52. The Bertz CT molecular complexity index is 614. The fourth-order valence-corrected chi connectivity index (χ4v) is 1.74. The van der Waals surface area contributed by atoms with Gasteiger partial charge in [0.2, 0.25) is 5.91 Å². The fourth-order valence-electron chi connectivity index (χ4n) is 1.74. The highest BCUT2D eigenvalue weighted by molar-refractivity contribution is 6.19. The zero-order valence-electron chi connectivity index (χ0n) is 9.85. The molecule has 0 aliphatic heterocycles. The van der Waals surface area contributed by atoms with Crippen molar-refractivity contribution in [2.75, 3.05) is 0 Å². The lowest BCUT2D eigenvalue weighted by molar-refractivity contribution is -0.112. The maximum Gasteiger partial charge on any atom is 0.248 e. The smallest absolute Gasteiger partial charge is 0.248 e. The molecular formula is C13H12FN3O. The first-order valence-corrected chi connectivity index (χ1v) is 5.27. The van der Waals surface area contributed by atoms with Crippen molar-refractivity contribution in [1.29, 1.82) is 0 Å². The number of amides is 1. The Balaban J connectivity index is 2.57. The van der Waals surface area contributed by atoms with Gasteiger partial charge < -0.3 is 5.73 Å². The van der Waals surface area contributed by atoms with Gasteiger partial charge in [-0.05, 0) is 24.3 Å². The lowest BCUT2D eigenvalue weighted by atomic mass is 10.0. The lowest BCUT2D eigenvalue weighted by Gasteiger charge is -2.06. The fraction of sp³-hybridized carbons (Fsp3) is 0.0769. The molecule has 0 saturated heterocycles. The summed E-state index contributed by atoms with van der Waals surface area (Å²) in [6, 6.07) is 5.92. The minimum absolute atomic E-state index is 0.183. The summed E-state index contributed by atoms with van der Waals surface area (Å²) in [7, 11) is 1.73. The van der Waals surface area contributed by atoms with E-state index in [0.29, 0.717) is 11.3 Å². The molecule has 0 saturated carbocycles. The zero-order chi connectivity index (χ0) is 13.3. The van der Waals surface area contributed by atoms with E-state index in [-0.39, 0.29) is 11.4 Å². The number of hydrogen-bond donors (Lipinski definition) is 1. The van der Waals surface area contributed by atoms with Gasteiger partial charge in [-0.25, -0.2) is 4.39 Å². The van der Waals surface area contributed by atoms with Gasteiger partial charge in [-0.15, -0.1) is 0 Å². The number of nitrogens with two attached hydrogens (primary N) is 1. The molecule has 2 aromatic rings. The monoisotopic (exact) mass is 245 g/mol. The van der Waals surface area contributed by atoms with Gasteiger partial charge in [-0.3, -0.25) is 9.48 Å². The van der Waals surface area contributed by atoms with E-state index in [4.69, 9.17) is 5.73 Å². The van der Waals surface area contributed by atoms with Crippen LogP contribution in [0.5, 0.6) is 0 Å². The number of hydrogen-bond acceptors (Lipinski definition) is 2. The third-order valence-corrected chi connectivity index (χ3v) is 2.68. The standard InChI is InChI=1S/C13H12FN3O/c1-8(13(15)18)11-7-16-17(2)12(11)9-3-5-10(14)6-4-9/h3-7H,1H2,2H3,(H2,15,18). The van der Waals surface area contributed by atoms with Gasteiger partial charge in [-0.1, -0.05) is 6.58 Å². The van der Waals surface area contributed by atoms with E-state index in [1.807, 2.05) is 0 Å². The average Bonchev–Trinajstić information content (AvgIpc) is 2.71. The molecule has 0 aliphatic rings. The van der Waals surface area contributed by atoms with Crippen LogP contribution in [-0.2, 0) is 11.8 Å². The Morgan fingerprint density at radius 2 is 2.00 bits per heavy atom. The van der Waals surface area contributed by atoms with Crippen LogP contribution >= 0.6 is 0 Å². The molecule has 0 atom stereocenters. The Labute approximate surface area is 104 Å². The SMILES string of the molecule is C=C(C(N)=O)c1cnn(C)c1-c1ccc(F)cc1. The molecule has 5 heteroatoms. The maximum atomic E-state index is 12.9. The molecule has 1 heterocycles. The highest BCUT2D eigenvalue weighted by Crippen LogP contribution is 2.27. The van der Waals surface area contributed by atoms with Crippen molar-refractivity contribution in [1.82, 2.24) is 9.78 Å². The van der Waals surface area contributed by atoms with Crippen LogP contribution in [0.1, 0.15) is 5.56 Å². The summed E-state index contributed by atoms with van der Waals surface area (Å²) < 4.78 is 14.5. The van der Waals surface area contributed by atoms with Gasteiger partial charge in [-0.2, -0.15) is 5.10 Å². The third-order valence-electron chi connectivity index (χ3n) is 2.68. The van der Waals surface area contributed by atoms with Crippen LogP contribution in [0.15, 0.2) is 37.0 Å². The van der Waals surface area contributed by atoms with Crippen molar-refractivity contribution in [3.05, 3.63) is 48.4 Å². The van der Waals surface area contributed by atoms with Crippen molar-refractivity contribution in [3.8, 4) is 11.3 Å². The topological polar surface area (TPSA) is 60.9 Å². The maximum absolute atomic E-state index is 12.9. The first-order chi connectivity index (χ1) is 8.50. The van der Waals surface area contributed by atoms with Crippen LogP contribution in [0.25, 0.3) is 16.8 Å². The number of rotatable bonds is 3. The molecule has 4 nitrogen and oxygen atoms in total. The van der Waals surface area contributed by atoms with Crippen LogP contribution in [-0.4, -0.2) is 15.7 Å². The number of nitrogens with zero attached hydrogens (tertiary/aromatic N) is 2. The number of primary amides is 1. The molecule has 0 aliphatic carbocycles. The second-order valence-electron chi connectivity index (χ2n) is 3.88. The summed E-state index contributed by atoms with van der Waals surface area (Å²) in [6.45, 7) is 3.64. The van der Waals surface area contributed by atoms with E-state index >= 15 is 0 Å². The molecular weight excluding hydrogens is 233 g/mol. The van der Waals surface area contributed by atoms with Crippen LogP contribution in [0.3, 0.4) is 0 Å². The predicted octanol–water partition coefficient (Wildman–Crippen LogP) is 1.72. The second kappa shape index (κ2) is 4.44. The summed E-state index contributed by atoms with van der Waals surface area (Å²) >= 11 is 0. The van der Waals surface area contributed by atoms with Gasteiger partial charge in [0.05, 0.1) is 11.9 Å². The first-order valence-electron chi connectivity index (χ1n) is 5.27. The number of aromatic nitrogens is 2. The van der Waals surface area contributed by atoms with E-state index in [2.05, 4.69) is 11.7 Å². The second-order valence-corrected chi connectivity index (χ2v) is 3.88. The predicted molar refractivity (Wildman–Crippen MR) is 66.8 cm³/mol. The van der Waals surface area contributed by atoms with E-state index in [1.54, 1.807) is 23.9 Å². The van der Waals surface area contributed by atoms with Crippen molar-refractivity contribution in [3.63, 3.8) is 0 Å². The van der Waals surface area contributed by atoms with Crippen molar-refractivity contribution >= 4 is 11.5 Å². The molecule has 0 fully saturated rings. The average molecular weight is 245 g/mol. The zero-order valence-corrected chi connectivity index (χ0v) is 9.85. The van der Waals surface area contributed by atoms with Crippen LogP contribution in [0.2, 0.25) is 0 Å². The molecule has 0 unspecified atom stereocenters. The minimum Gasteiger partial charge on any atom is -0.366 e. The van der Waals surface area contributed by atoms with E-state index in [0.717, 1.165) is 5.56 Å². The number of carbonyl (C=O) groups excluding carboxylic acids is 1. The van der Waals surface area contributed by atoms with E-state index < -0.39 is 5.91 Å². The largest absolute Gasteiger partial charge is 0.366 e. The van der Waals surface area contributed by atoms with Crippen molar-refractivity contribution in [2.24, 2.45) is 12.8 Å². The molecule has 0 spiro atoms. The van der Waals surface area contributed by atoms with Crippen molar-refractivity contribution in [2.45, 2.75) is 0 Å². The van der Waals surface area contributed by atoms with Crippen LogP contribution in [0, 0.1) is 5.82 Å². The van der Waals surface area contributed by atoms with Crippen LogP contribution in [0.4, 0.5) is 4.39 Å². The lowest BCUT2D eigenvalue weighted by Crippen LogP contribution is -2.12. The molecule has 0 radical (unpaired) electrons. The van der Waals surface area contributed by atoms with Gasteiger partial charge in [0.15, 0.2) is 0 Å². The molecule has 1 amide bonds. The Morgan fingerprint density at radius 1 is 1.39 bits per heavy atom. The Kier molecular flexibility index (Phi) is 2.97. The third kappa shape index (κ3) is 2.02. The van der Waals surface area contributed by atoms with E-state index in [9.17, 15) is 9.18 Å².